The lowest BCUT2D eigenvalue weighted by Crippen LogP contribution is -2.45. The number of benzene rings is 2. The summed E-state index contributed by atoms with van der Waals surface area (Å²) in [5, 5.41) is 2.54. The number of ether oxygens (including phenoxy) is 1. The number of esters is 1. The normalized spacial score (nSPS) is 14.5. The van der Waals surface area contributed by atoms with Crippen molar-refractivity contribution in [1.29, 1.82) is 0 Å². The molecule has 180 valence electrons. The fraction of sp³-hybridized carbons (Fsp3) is 0.240. The van der Waals surface area contributed by atoms with Gasteiger partial charge in [0.1, 0.15) is 11.7 Å². The maximum atomic E-state index is 13.0. The molecule has 3 aromatic rings. The molecule has 2 heterocycles. The zero-order valence-corrected chi connectivity index (χ0v) is 19.6. The van der Waals surface area contributed by atoms with Crippen LogP contribution in [0.2, 0.25) is 0 Å². The first-order valence-corrected chi connectivity index (χ1v) is 11.0. The minimum atomic E-state index is -1.29. The maximum absolute atomic E-state index is 13.0. The van der Waals surface area contributed by atoms with Gasteiger partial charge in [0.15, 0.2) is 6.10 Å². The van der Waals surface area contributed by atoms with Crippen molar-refractivity contribution in [3.63, 3.8) is 0 Å². The molecular weight excluding hydrogens is 452 g/mol. The Kier molecular flexibility index (Phi) is 6.12. The second kappa shape index (κ2) is 9.05. The van der Waals surface area contributed by atoms with Gasteiger partial charge in [0.05, 0.1) is 22.5 Å². The van der Waals surface area contributed by atoms with Crippen molar-refractivity contribution in [3.05, 3.63) is 81.8 Å². The molecule has 10 heteroatoms. The van der Waals surface area contributed by atoms with Gasteiger partial charge in [0.2, 0.25) is 0 Å². The van der Waals surface area contributed by atoms with Gasteiger partial charge >= 0.3 is 5.97 Å². The van der Waals surface area contributed by atoms with Crippen molar-refractivity contribution in [3.8, 4) is 5.69 Å². The van der Waals surface area contributed by atoms with Gasteiger partial charge < -0.3 is 10.1 Å². The van der Waals surface area contributed by atoms with E-state index < -0.39 is 41.4 Å². The van der Waals surface area contributed by atoms with E-state index in [2.05, 4.69) is 5.32 Å². The molecule has 10 nitrogen and oxygen atoms in total. The highest BCUT2D eigenvalue weighted by Crippen LogP contribution is 2.25. The number of nitrogens with one attached hydrogen (secondary N) is 1. The molecule has 4 rings (SSSR count). The zero-order valence-electron chi connectivity index (χ0n) is 19.6. The van der Waals surface area contributed by atoms with Crippen LogP contribution in [0, 0.1) is 6.92 Å². The van der Waals surface area contributed by atoms with E-state index in [9.17, 15) is 24.0 Å². The summed E-state index contributed by atoms with van der Waals surface area (Å²) in [6.45, 7) is 4.38. The number of imide groups is 1. The summed E-state index contributed by atoms with van der Waals surface area (Å²) in [7, 11) is 1.69. The predicted octanol–water partition coefficient (Wildman–Crippen LogP) is 2.04. The molecule has 1 aromatic heterocycles. The third-order valence-corrected chi connectivity index (χ3v) is 6.02. The fourth-order valence-corrected chi connectivity index (χ4v) is 3.93. The van der Waals surface area contributed by atoms with Gasteiger partial charge in [-0.3, -0.25) is 28.8 Å². The van der Waals surface area contributed by atoms with Crippen LogP contribution in [0.3, 0.4) is 0 Å². The van der Waals surface area contributed by atoms with E-state index in [1.165, 1.54) is 30.7 Å². The van der Waals surface area contributed by atoms with Crippen LogP contribution < -0.4 is 10.9 Å². The van der Waals surface area contributed by atoms with Crippen molar-refractivity contribution < 1.29 is 23.9 Å². The molecule has 35 heavy (non-hydrogen) atoms. The highest BCUT2D eigenvalue weighted by Gasteiger charge is 2.41. The topological polar surface area (TPSA) is 120 Å². The van der Waals surface area contributed by atoms with Crippen LogP contribution in [-0.2, 0) is 21.4 Å². The molecule has 0 saturated carbocycles. The Bertz CT molecular complexity index is 1370. The molecule has 2 atom stereocenters. The lowest BCUT2D eigenvalue weighted by Gasteiger charge is -2.22. The molecule has 0 aliphatic carbocycles. The number of carbonyl (C=O) groups is 4. The molecular formula is C25H24N4O6. The highest BCUT2D eigenvalue weighted by molar-refractivity contribution is 6.22. The second-order valence-corrected chi connectivity index (χ2v) is 8.21. The van der Waals surface area contributed by atoms with Crippen LogP contribution in [0.15, 0.2) is 59.4 Å². The van der Waals surface area contributed by atoms with Gasteiger partial charge in [-0.25, -0.2) is 9.48 Å². The van der Waals surface area contributed by atoms with Crippen LogP contribution in [0.25, 0.3) is 5.69 Å². The summed E-state index contributed by atoms with van der Waals surface area (Å²) in [6.07, 6.45) is -1.29. The summed E-state index contributed by atoms with van der Waals surface area (Å²) >= 11 is 0. The molecule has 1 N–H and O–H groups in total. The molecule has 0 fully saturated rings. The van der Waals surface area contributed by atoms with E-state index in [0.29, 0.717) is 11.4 Å². The number of hydrogen-bond donors (Lipinski definition) is 1. The Hall–Kier alpha value is -4.47. The van der Waals surface area contributed by atoms with Crippen molar-refractivity contribution >= 4 is 29.4 Å². The van der Waals surface area contributed by atoms with Crippen LogP contribution in [-0.4, -0.2) is 50.1 Å². The summed E-state index contributed by atoms with van der Waals surface area (Å²) in [5.74, 6) is -2.85. The Morgan fingerprint density at radius 1 is 0.886 bits per heavy atom. The molecule has 1 aliphatic rings. The lowest BCUT2D eigenvalue weighted by molar-refractivity contribution is -0.156. The average molecular weight is 476 g/mol. The Morgan fingerprint density at radius 2 is 1.43 bits per heavy atom. The standard InChI is InChI=1S/C25H24N4O6/c1-14-20(24(33)29(27(14)4)17-10-6-5-7-11-17)26-21(30)16(3)35-25(34)15(2)28-22(31)18-12-8-9-13-19(18)23(28)32/h5-13,15-16H,1-4H3,(H,26,30)/t15-,16-/m1/s1. The minimum Gasteiger partial charge on any atom is -0.451 e. The number of carbonyl (C=O) groups excluding carboxylic acids is 4. The van der Waals surface area contributed by atoms with E-state index in [-0.39, 0.29) is 16.8 Å². The maximum Gasteiger partial charge on any atom is 0.329 e. The van der Waals surface area contributed by atoms with E-state index >= 15 is 0 Å². The summed E-state index contributed by atoms with van der Waals surface area (Å²) in [6, 6.07) is 14.0. The first-order valence-electron chi connectivity index (χ1n) is 11.0. The third kappa shape index (κ3) is 4.03. The second-order valence-electron chi connectivity index (χ2n) is 8.21. The molecule has 0 saturated heterocycles. The molecule has 3 amide bonds. The summed E-state index contributed by atoms with van der Waals surface area (Å²) in [5.41, 5.74) is 1.15. The number of hydrogen-bond acceptors (Lipinski definition) is 6. The van der Waals surface area contributed by atoms with Gasteiger partial charge in [-0.1, -0.05) is 30.3 Å². The SMILES string of the molecule is Cc1c(NC(=O)[C@@H](C)OC(=O)[C@@H](C)N2C(=O)c3ccccc3C2=O)c(=O)n(-c2ccccc2)n1C. The first-order chi connectivity index (χ1) is 16.6. The van der Waals surface area contributed by atoms with E-state index in [0.717, 1.165) is 4.90 Å². The van der Waals surface area contributed by atoms with Crippen molar-refractivity contribution in [1.82, 2.24) is 14.3 Å². The monoisotopic (exact) mass is 476 g/mol. The Morgan fingerprint density at radius 3 is 2.00 bits per heavy atom. The Balaban J connectivity index is 1.47. The largest absolute Gasteiger partial charge is 0.451 e. The smallest absolute Gasteiger partial charge is 0.329 e. The molecule has 0 spiro atoms. The number of aromatic nitrogens is 2. The van der Waals surface area contributed by atoms with Gasteiger partial charge in [0, 0.05) is 7.05 Å². The quantitative estimate of drug-likeness (QED) is 0.430. The number of fused-ring (bicyclic) bond motifs is 1. The van der Waals surface area contributed by atoms with Crippen molar-refractivity contribution in [2.75, 3.05) is 5.32 Å². The van der Waals surface area contributed by atoms with Crippen LogP contribution in [0.5, 0.6) is 0 Å². The third-order valence-electron chi connectivity index (χ3n) is 6.02. The number of anilines is 1. The Labute approximate surface area is 200 Å². The molecule has 2 aromatic carbocycles. The summed E-state index contributed by atoms with van der Waals surface area (Å²) in [4.78, 5) is 64.5. The van der Waals surface area contributed by atoms with Crippen LogP contribution in [0.1, 0.15) is 40.3 Å². The van der Waals surface area contributed by atoms with Gasteiger partial charge in [-0.2, -0.15) is 0 Å². The predicted molar refractivity (Wildman–Crippen MR) is 126 cm³/mol. The number of amides is 3. The molecule has 0 radical (unpaired) electrons. The first kappa shape index (κ1) is 23.7. The van der Waals surface area contributed by atoms with E-state index in [4.69, 9.17) is 4.74 Å². The fourth-order valence-electron chi connectivity index (χ4n) is 3.93. The van der Waals surface area contributed by atoms with Crippen LogP contribution in [0.4, 0.5) is 5.69 Å². The highest BCUT2D eigenvalue weighted by atomic mass is 16.5. The average Bonchev–Trinajstić information content (AvgIpc) is 3.23. The van der Waals surface area contributed by atoms with Gasteiger partial charge in [-0.05, 0) is 45.0 Å². The zero-order chi connectivity index (χ0) is 25.4. The molecule has 0 bridgehead atoms. The number of rotatable bonds is 6. The van der Waals surface area contributed by atoms with Crippen molar-refractivity contribution in [2.24, 2.45) is 7.05 Å². The van der Waals surface area contributed by atoms with E-state index in [1.807, 2.05) is 6.07 Å². The number of para-hydroxylation sites is 1. The van der Waals surface area contributed by atoms with Gasteiger partial charge in [-0.15, -0.1) is 0 Å². The lowest BCUT2D eigenvalue weighted by atomic mass is 10.1. The minimum absolute atomic E-state index is 0.0534. The summed E-state index contributed by atoms with van der Waals surface area (Å²) < 4.78 is 8.26. The van der Waals surface area contributed by atoms with Gasteiger partial charge in [0.25, 0.3) is 23.3 Å². The van der Waals surface area contributed by atoms with Crippen molar-refractivity contribution in [2.45, 2.75) is 32.9 Å². The number of nitrogens with zero attached hydrogens (tertiary/aromatic N) is 3. The molecule has 1 aliphatic heterocycles. The van der Waals surface area contributed by atoms with Crippen LogP contribution >= 0.6 is 0 Å². The molecule has 0 unspecified atom stereocenters. The van der Waals surface area contributed by atoms with E-state index in [1.54, 1.807) is 55.1 Å².